The second-order valence-corrected chi connectivity index (χ2v) is 6.36. The molecule has 106 valence electrons. The number of hydrogen-bond acceptors (Lipinski definition) is 3. The zero-order valence-electron chi connectivity index (χ0n) is 12.2. The van der Waals surface area contributed by atoms with E-state index in [-0.39, 0.29) is 11.6 Å². The van der Waals surface area contributed by atoms with Gasteiger partial charge in [-0.3, -0.25) is 0 Å². The first kappa shape index (κ1) is 14.4. The van der Waals surface area contributed by atoms with E-state index in [1.165, 1.54) is 11.1 Å². The summed E-state index contributed by atoms with van der Waals surface area (Å²) in [6.45, 7) is 7.79. The molecular formula is C16H25NO2. The first-order valence-corrected chi connectivity index (χ1v) is 7.12. The summed E-state index contributed by atoms with van der Waals surface area (Å²) in [5.41, 5.74) is 2.66. The summed E-state index contributed by atoms with van der Waals surface area (Å²) in [6.07, 6.45) is 2.43. The quantitative estimate of drug-likeness (QED) is 0.856. The molecule has 19 heavy (non-hydrogen) atoms. The van der Waals surface area contributed by atoms with Crippen molar-refractivity contribution < 1.29 is 9.84 Å². The number of β-amino-alcohol motifs (C(OH)–C–C–N with tert-alkyl or cyclic N) is 1. The van der Waals surface area contributed by atoms with E-state index >= 15 is 0 Å². The fourth-order valence-electron chi connectivity index (χ4n) is 2.25. The summed E-state index contributed by atoms with van der Waals surface area (Å²) in [5.74, 6) is 1.03. The van der Waals surface area contributed by atoms with Gasteiger partial charge in [-0.2, -0.15) is 0 Å². The van der Waals surface area contributed by atoms with Crippen LogP contribution in [0.15, 0.2) is 18.2 Å². The maximum absolute atomic E-state index is 9.98. The topological polar surface area (TPSA) is 41.5 Å². The lowest BCUT2D eigenvalue weighted by Gasteiger charge is -2.22. The number of aliphatic hydroxyl groups is 1. The van der Waals surface area contributed by atoms with Crippen LogP contribution in [0.4, 0.5) is 0 Å². The van der Waals surface area contributed by atoms with E-state index < -0.39 is 0 Å². The number of ether oxygens (including phenoxy) is 1. The Bertz CT molecular complexity index is 423. The van der Waals surface area contributed by atoms with Gasteiger partial charge in [0.15, 0.2) is 0 Å². The molecule has 1 unspecified atom stereocenters. The van der Waals surface area contributed by atoms with Crippen molar-refractivity contribution in [2.75, 3.05) is 13.2 Å². The van der Waals surface area contributed by atoms with Crippen molar-refractivity contribution in [3.63, 3.8) is 0 Å². The molecule has 0 fully saturated rings. The van der Waals surface area contributed by atoms with Crippen molar-refractivity contribution in [1.82, 2.24) is 5.32 Å². The van der Waals surface area contributed by atoms with Gasteiger partial charge in [0.1, 0.15) is 5.75 Å². The highest BCUT2D eigenvalue weighted by molar-refractivity contribution is 5.39. The van der Waals surface area contributed by atoms with Gasteiger partial charge in [-0.05, 0) is 50.8 Å². The van der Waals surface area contributed by atoms with Crippen LogP contribution in [-0.4, -0.2) is 29.9 Å². The summed E-state index contributed by atoms with van der Waals surface area (Å²) in [6, 6.07) is 6.37. The highest BCUT2D eigenvalue weighted by atomic mass is 16.5. The Balaban J connectivity index is 1.79. The fraction of sp³-hybridized carbons (Fsp3) is 0.625. The van der Waals surface area contributed by atoms with E-state index in [1.54, 1.807) is 0 Å². The molecule has 1 heterocycles. The van der Waals surface area contributed by atoms with Crippen LogP contribution in [0.2, 0.25) is 0 Å². The smallest absolute Gasteiger partial charge is 0.122 e. The van der Waals surface area contributed by atoms with Crippen LogP contribution in [0.3, 0.4) is 0 Å². The Kier molecular flexibility index (Phi) is 4.48. The number of fused-ring (bicyclic) bond motifs is 1. The Morgan fingerprint density at radius 3 is 2.89 bits per heavy atom. The van der Waals surface area contributed by atoms with E-state index in [0.29, 0.717) is 6.54 Å². The molecule has 0 amide bonds. The summed E-state index contributed by atoms with van der Waals surface area (Å²) >= 11 is 0. The highest BCUT2D eigenvalue weighted by Gasteiger charge is 2.14. The number of benzene rings is 1. The van der Waals surface area contributed by atoms with Gasteiger partial charge >= 0.3 is 0 Å². The van der Waals surface area contributed by atoms with Crippen LogP contribution in [0, 0.1) is 0 Å². The molecule has 0 saturated heterocycles. The summed E-state index contributed by atoms with van der Waals surface area (Å²) in [7, 11) is 0. The molecule has 1 aromatic carbocycles. The van der Waals surface area contributed by atoms with Crippen molar-refractivity contribution in [3.8, 4) is 5.75 Å². The molecule has 3 heteroatoms. The SMILES string of the molecule is CC(C)(C)NCC(O)CCc1ccc2c(c1)CCO2. The number of aryl methyl sites for hydroxylation is 1. The van der Waals surface area contributed by atoms with Crippen LogP contribution in [0.25, 0.3) is 0 Å². The molecular weight excluding hydrogens is 238 g/mol. The lowest BCUT2D eigenvalue weighted by atomic mass is 10.0. The number of nitrogens with one attached hydrogen (secondary N) is 1. The van der Waals surface area contributed by atoms with E-state index in [9.17, 15) is 5.11 Å². The Hall–Kier alpha value is -1.06. The Morgan fingerprint density at radius 1 is 1.37 bits per heavy atom. The second-order valence-electron chi connectivity index (χ2n) is 6.36. The number of hydrogen-bond donors (Lipinski definition) is 2. The molecule has 2 rings (SSSR count). The van der Waals surface area contributed by atoms with Gasteiger partial charge in [0.05, 0.1) is 12.7 Å². The molecule has 0 aromatic heterocycles. The van der Waals surface area contributed by atoms with Gasteiger partial charge in [-0.15, -0.1) is 0 Å². The molecule has 0 saturated carbocycles. The van der Waals surface area contributed by atoms with E-state index in [0.717, 1.165) is 31.6 Å². The summed E-state index contributed by atoms with van der Waals surface area (Å²) in [4.78, 5) is 0. The maximum Gasteiger partial charge on any atom is 0.122 e. The van der Waals surface area contributed by atoms with Gasteiger partial charge in [0.25, 0.3) is 0 Å². The van der Waals surface area contributed by atoms with Crippen molar-refractivity contribution in [1.29, 1.82) is 0 Å². The van der Waals surface area contributed by atoms with Crippen LogP contribution >= 0.6 is 0 Å². The third-order valence-electron chi connectivity index (χ3n) is 3.39. The van der Waals surface area contributed by atoms with Gasteiger partial charge in [-0.1, -0.05) is 12.1 Å². The zero-order chi connectivity index (χ0) is 13.9. The molecule has 1 aromatic rings. The van der Waals surface area contributed by atoms with E-state index in [2.05, 4.69) is 44.3 Å². The Morgan fingerprint density at radius 2 is 2.16 bits per heavy atom. The first-order valence-electron chi connectivity index (χ1n) is 7.12. The van der Waals surface area contributed by atoms with Gasteiger partial charge in [0.2, 0.25) is 0 Å². The Labute approximate surface area is 116 Å². The molecule has 0 aliphatic carbocycles. The third-order valence-corrected chi connectivity index (χ3v) is 3.39. The van der Waals surface area contributed by atoms with Gasteiger partial charge in [-0.25, -0.2) is 0 Å². The number of aliphatic hydroxyl groups excluding tert-OH is 1. The average Bonchev–Trinajstić information content (AvgIpc) is 2.80. The second kappa shape index (κ2) is 5.93. The predicted octanol–water partition coefficient (Wildman–Crippen LogP) is 2.30. The lowest BCUT2D eigenvalue weighted by Crippen LogP contribution is -2.40. The first-order chi connectivity index (χ1) is 8.94. The minimum atomic E-state index is -0.288. The largest absolute Gasteiger partial charge is 0.493 e. The maximum atomic E-state index is 9.98. The lowest BCUT2D eigenvalue weighted by molar-refractivity contribution is 0.152. The summed E-state index contributed by atoms with van der Waals surface area (Å²) < 4.78 is 5.50. The van der Waals surface area contributed by atoms with E-state index in [4.69, 9.17) is 4.74 Å². The molecule has 2 N–H and O–H groups in total. The fourth-order valence-corrected chi connectivity index (χ4v) is 2.25. The van der Waals surface area contributed by atoms with Crippen molar-refractivity contribution in [3.05, 3.63) is 29.3 Å². The zero-order valence-corrected chi connectivity index (χ0v) is 12.2. The van der Waals surface area contributed by atoms with Crippen LogP contribution in [0.1, 0.15) is 38.3 Å². The standard InChI is InChI=1S/C16H25NO2/c1-16(2,3)17-11-14(18)6-4-12-5-7-15-13(10-12)8-9-19-15/h5,7,10,14,17-18H,4,6,8-9,11H2,1-3H3. The summed E-state index contributed by atoms with van der Waals surface area (Å²) in [5, 5.41) is 13.3. The monoisotopic (exact) mass is 263 g/mol. The van der Waals surface area contributed by atoms with Gasteiger partial charge in [0, 0.05) is 18.5 Å². The molecule has 1 aliphatic heterocycles. The van der Waals surface area contributed by atoms with Crippen LogP contribution < -0.4 is 10.1 Å². The van der Waals surface area contributed by atoms with Gasteiger partial charge < -0.3 is 15.2 Å². The van der Waals surface area contributed by atoms with Crippen LogP contribution in [0.5, 0.6) is 5.75 Å². The molecule has 1 atom stereocenters. The minimum Gasteiger partial charge on any atom is -0.493 e. The van der Waals surface area contributed by atoms with Crippen LogP contribution in [-0.2, 0) is 12.8 Å². The average molecular weight is 263 g/mol. The minimum absolute atomic E-state index is 0.0614. The van der Waals surface area contributed by atoms with E-state index in [1.807, 2.05) is 0 Å². The normalized spacial score (nSPS) is 16.0. The molecule has 0 bridgehead atoms. The van der Waals surface area contributed by atoms with Crippen molar-refractivity contribution >= 4 is 0 Å². The predicted molar refractivity (Wildman–Crippen MR) is 77.7 cm³/mol. The molecule has 0 radical (unpaired) electrons. The molecule has 0 spiro atoms. The number of rotatable bonds is 5. The highest BCUT2D eigenvalue weighted by Crippen LogP contribution is 2.26. The van der Waals surface area contributed by atoms with Crippen molar-refractivity contribution in [2.45, 2.75) is 51.7 Å². The molecule has 3 nitrogen and oxygen atoms in total. The molecule has 1 aliphatic rings. The third kappa shape index (κ3) is 4.51. The van der Waals surface area contributed by atoms with Crippen molar-refractivity contribution in [2.24, 2.45) is 0 Å².